The maximum Gasteiger partial charge on any atom is -0.0325 e. The highest BCUT2D eigenvalue weighted by Gasteiger charge is 1.92. The predicted molar refractivity (Wildman–Crippen MR) is 47.8 cm³/mol. The number of rotatable bonds is 5. The van der Waals surface area contributed by atoms with E-state index in [0.29, 0.717) is 0 Å². The summed E-state index contributed by atoms with van der Waals surface area (Å²) in [6, 6.07) is 0. The normalized spacial score (nSPS) is 14.3. The molecule has 0 N–H and O–H groups in total. The predicted octanol–water partition coefficient (Wildman–Crippen LogP) is 3.59. The van der Waals surface area contributed by atoms with Crippen LogP contribution in [-0.2, 0) is 0 Å². The van der Waals surface area contributed by atoms with E-state index in [1.807, 2.05) is 0 Å². The van der Waals surface area contributed by atoms with Gasteiger partial charge in [0.15, 0.2) is 0 Å². The van der Waals surface area contributed by atoms with Crippen molar-refractivity contribution < 1.29 is 0 Å². The van der Waals surface area contributed by atoms with Gasteiger partial charge in [-0.05, 0) is 25.2 Å². The van der Waals surface area contributed by atoms with Gasteiger partial charge in [0, 0.05) is 0 Å². The largest absolute Gasteiger partial charge is 0.0885 e. The lowest BCUT2D eigenvalue weighted by atomic mass is 10.1. The van der Waals surface area contributed by atoms with Gasteiger partial charge in [-0.25, -0.2) is 0 Å². The van der Waals surface area contributed by atoms with E-state index >= 15 is 0 Å². The van der Waals surface area contributed by atoms with Crippen LogP contribution >= 0.6 is 0 Å². The van der Waals surface area contributed by atoms with E-state index in [1.54, 1.807) is 0 Å². The maximum absolute atomic E-state index is 3.77. The zero-order chi connectivity index (χ0) is 7.82. The van der Waals surface area contributed by atoms with E-state index < -0.39 is 0 Å². The molecule has 0 saturated carbocycles. The summed E-state index contributed by atoms with van der Waals surface area (Å²) < 4.78 is 0. The monoisotopic (exact) mass is 139 g/mol. The van der Waals surface area contributed by atoms with Crippen LogP contribution in [0.15, 0.2) is 12.2 Å². The van der Waals surface area contributed by atoms with Crippen LogP contribution in [-0.4, -0.2) is 0 Å². The first-order chi connectivity index (χ1) is 4.81. The second-order valence-corrected chi connectivity index (χ2v) is 2.86. The van der Waals surface area contributed by atoms with E-state index in [9.17, 15) is 0 Å². The van der Waals surface area contributed by atoms with E-state index in [4.69, 9.17) is 0 Å². The van der Waals surface area contributed by atoms with Gasteiger partial charge in [-0.3, -0.25) is 0 Å². The van der Waals surface area contributed by atoms with Crippen LogP contribution in [0.3, 0.4) is 0 Å². The van der Waals surface area contributed by atoms with Crippen LogP contribution < -0.4 is 0 Å². The maximum atomic E-state index is 3.77. The van der Waals surface area contributed by atoms with Crippen LogP contribution in [0.5, 0.6) is 0 Å². The van der Waals surface area contributed by atoms with Crippen molar-refractivity contribution in [3.8, 4) is 0 Å². The summed E-state index contributed by atoms with van der Waals surface area (Å²) in [7, 11) is 0. The first-order valence-electron chi connectivity index (χ1n) is 4.25. The van der Waals surface area contributed by atoms with E-state index in [2.05, 4.69) is 32.9 Å². The Morgan fingerprint density at radius 3 is 2.60 bits per heavy atom. The van der Waals surface area contributed by atoms with Crippen molar-refractivity contribution in [2.75, 3.05) is 0 Å². The van der Waals surface area contributed by atoms with Crippen LogP contribution in [0.4, 0.5) is 0 Å². The van der Waals surface area contributed by atoms with Crippen molar-refractivity contribution in [3.63, 3.8) is 0 Å². The highest BCUT2D eigenvalue weighted by atomic mass is 14.0. The highest BCUT2D eigenvalue weighted by molar-refractivity contribution is 4.82. The summed E-state index contributed by atoms with van der Waals surface area (Å²) in [6.07, 6.45) is 9.19. The fraction of sp³-hybridized carbons (Fsp3) is 0.700. The van der Waals surface area contributed by atoms with Gasteiger partial charge in [-0.1, -0.05) is 39.3 Å². The first-order valence-corrected chi connectivity index (χ1v) is 4.25. The molecule has 0 aromatic carbocycles. The molecule has 0 aliphatic rings. The summed E-state index contributed by atoms with van der Waals surface area (Å²) in [6.45, 7) is 8.29. The van der Waals surface area contributed by atoms with Crippen LogP contribution in [0, 0.1) is 12.8 Å². The quantitative estimate of drug-likeness (QED) is 0.510. The molecule has 0 heterocycles. The summed E-state index contributed by atoms with van der Waals surface area (Å²) >= 11 is 0. The number of hydrogen-bond acceptors (Lipinski definition) is 0. The Balaban J connectivity index is 3.16. The summed E-state index contributed by atoms with van der Waals surface area (Å²) in [5.74, 6) is 0.848. The van der Waals surface area contributed by atoms with Crippen molar-refractivity contribution >= 4 is 0 Å². The summed E-state index contributed by atoms with van der Waals surface area (Å²) in [5, 5.41) is 0. The molecule has 0 bridgehead atoms. The smallest absolute Gasteiger partial charge is 0.0325 e. The Kier molecular flexibility index (Phi) is 6.68. The zero-order valence-electron chi connectivity index (χ0n) is 7.27. The van der Waals surface area contributed by atoms with Crippen molar-refractivity contribution in [2.24, 2.45) is 5.92 Å². The fourth-order valence-corrected chi connectivity index (χ4v) is 0.731. The molecule has 1 unspecified atom stereocenters. The minimum Gasteiger partial charge on any atom is -0.0885 e. The van der Waals surface area contributed by atoms with Gasteiger partial charge in [-0.2, -0.15) is 0 Å². The minimum absolute atomic E-state index is 0.848. The minimum atomic E-state index is 0.848. The molecule has 0 rings (SSSR count). The molecule has 0 heteroatoms. The standard InChI is InChI=1S/C10H19/c1-4-6-7-8-9-10(3)5-2/h7-8,10H,1,4-6,9H2,2-3H3/b8-7+. The van der Waals surface area contributed by atoms with E-state index in [1.165, 1.54) is 12.8 Å². The van der Waals surface area contributed by atoms with Crippen molar-refractivity contribution in [3.05, 3.63) is 19.1 Å². The average Bonchev–Trinajstić information content (AvgIpc) is 1.98. The molecule has 1 radical (unpaired) electrons. The third kappa shape index (κ3) is 5.87. The average molecular weight is 139 g/mol. The molecule has 0 aliphatic carbocycles. The third-order valence-corrected chi connectivity index (χ3v) is 1.77. The molecule has 59 valence electrons. The molecule has 0 amide bonds. The molecule has 10 heavy (non-hydrogen) atoms. The molecule has 1 atom stereocenters. The topological polar surface area (TPSA) is 0 Å². The Morgan fingerprint density at radius 2 is 2.10 bits per heavy atom. The molecular formula is C10H19. The van der Waals surface area contributed by atoms with E-state index in [0.717, 1.165) is 18.8 Å². The summed E-state index contributed by atoms with van der Waals surface area (Å²) in [4.78, 5) is 0. The molecule has 0 aliphatic heterocycles. The van der Waals surface area contributed by atoms with Crippen molar-refractivity contribution in [2.45, 2.75) is 39.5 Å². The molecule has 0 aromatic heterocycles. The molecule has 0 fully saturated rings. The van der Waals surface area contributed by atoms with Crippen molar-refractivity contribution in [1.82, 2.24) is 0 Å². The zero-order valence-corrected chi connectivity index (χ0v) is 7.27. The lowest BCUT2D eigenvalue weighted by molar-refractivity contribution is 0.571. The van der Waals surface area contributed by atoms with Gasteiger partial charge in [0.2, 0.25) is 0 Å². The second-order valence-electron chi connectivity index (χ2n) is 2.86. The Bertz CT molecular complexity index is 82.0. The fourth-order valence-electron chi connectivity index (χ4n) is 0.731. The SMILES string of the molecule is [CH2]CC/C=C/CC(C)CC. The first kappa shape index (κ1) is 9.74. The summed E-state index contributed by atoms with van der Waals surface area (Å²) in [5.41, 5.74) is 0. The van der Waals surface area contributed by atoms with Gasteiger partial charge in [0.25, 0.3) is 0 Å². The molecule has 0 saturated heterocycles. The Hall–Kier alpha value is -0.260. The van der Waals surface area contributed by atoms with Gasteiger partial charge in [0.1, 0.15) is 0 Å². The second kappa shape index (κ2) is 6.85. The number of allylic oxidation sites excluding steroid dienone is 2. The highest BCUT2D eigenvalue weighted by Crippen LogP contribution is 2.06. The Labute approximate surface area is 65.3 Å². The van der Waals surface area contributed by atoms with Crippen LogP contribution in [0.2, 0.25) is 0 Å². The van der Waals surface area contributed by atoms with Gasteiger partial charge < -0.3 is 0 Å². The number of hydrogen-bond donors (Lipinski definition) is 0. The van der Waals surface area contributed by atoms with Crippen LogP contribution in [0.25, 0.3) is 0 Å². The third-order valence-electron chi connectivity index (χ3n) is 1.77. The van der Waals surface area contributed by atoms with E-state index in [-0.39, 0.29) is 0 Å². The van der Waals surface area contributed by atoms with Crippen LogP contribution in [0.1, 0.15) is 39.5 Å². The van der Waals surface area contributed by atoms with Gasteiger partial charge in [-0.15, -0.1) is 0 Å². The lowest BCUT2D eigenvalue weighted by Crippen LogP contribution is -1.87. The molecule has 0 spiro atoms. The van der Waals surface area contributed by atoms with Crippen molar-refractivity contribution in [1.29, 1.82) is 0 Å². The molecule has 0 aromatic rings. The van der Waals surface area contributed by atoms with Gasteiger partial charge in [0.05, 0.1) is 0 Å². The molecule has 0 nitrogen and oxygen atoms in total. The Morgan fingerprint density at radius 1 is 1.40 bits per heavy atom. The van der Waals surface area contributed by atoms with Gasteiger partial charge >= 0.3 is 0 Å². The number of unbranched alkanes of at least 4 members (excludes halogenated alkanes) is 1. The lowest BCUT2D eigenvalue weighted by Gasteiger charge is -2.01. The molecular weight excluding hydrogens is 120 g/mol.